The highest BCUT2D eigenvalue weighted by Crippen LogP contribution is 2.28. The Bertz CT molecular complexity index is 474. The van der Waals surface area contributed by atoms with Crippen molar-refractivity contribution in [2.75, 3.05) is 18.1 Å². The minimum atomic E-state index is -3.74. The molecule has 1 aromatic rings. The zero-order valence-electron chi connectivity index (χ0n) is 9.15. The predicted octanol–water partition coefficient (Wildman–Crippen LogP) is 3.40. The molecule has 0 saturated carbocycles. The Morgan fingerprint density at radius 2 is 2.12 bits per heavy atom. The van der Waals surface area contributed by atoms with Crippen LogP contribution in [0.4, 0.5) is 0 Å². The second kappa shape index (κ2) is 6.73. The van der Waals surface area contributed by atoms with Crippen molar-refractivity contribution >= 4 is 43.1 Å². The van der Waals surface area contributed by atoms with Crippen molar-refractivity contribution in [1.29, 1.82) is 0 Å². The summed E-state index contributed by atoms with van der Waals surface area (Å²) < 4.78 is 27.5. The summed E-state index contributed by atoms with van der Waals surface area (Å²) >= 11 is 7.65. The van der Waals surface area contributed by atoms with Gasteiger partial charge in [0.2, 0.25) is 0 Å². The second-order valence-electron chi connectivity index (χ2n) is 3.08. The zero-order valence-corrected chi connectivity index (χ0v) is 12.3. The number of hydrogen-bond donors (Lipinski definition) is 0. The molecule has 0 saturated heterocycles. The zero-order chi connectivity index (χ0) is 12.9. The normalized spacial score (nSPS) is 11.5. The van der Waals surface area contributed by atoms with E-state index in [1.807, 2.05) is 0 Å². The molecule has 0 unspecified atom stereocenters. The molecule has 0 amide bonds. The average molecular weight is 315 g/mol. The minimum absolute atomic E-state index is 0.0283. The van der Waals surface area contributed by atoms with Gasteiger partial charge in [0, 0.05) is 16.4 Å². The third-order valence-corrected chi connectivity index (χ3v) is 4.38. The Labute approximate surface area is 115 Å². The van der Waals surface area contributed by atoms with Crippen molar-refractivity contribution in [3.63, 3.8) is 0 Å². The average Bonchev–Trinajstić information content (AvgIpc) is 2.24. The molecule has 0 spiro atoms. The molecular formula is C10H12Cl2O3S2. The molecule has 0 N–H and O–H groups in total. The highest BCUT2D eigenvalue weighted by atomic mass is 35.7. The summed E-state index contributed by atoms with van der Waals surface area (Å²) in [5, 5.41) is 0.244. The van der Waals surface area contributed by atoms with Crippen molar-refractivity contribution in [3.05, 3.63) is 23.2 Å². The summed E-state index contributed by atoms with van der Waals surface area (Å²) in [5.41, 5.74) is 0. The first-order valence-corrected chi connectivity index (χ1v) is 8.74. The molecule has 0 heterocycles. The summed E-state index contributed by atoms with van der Waals surface area (Å²) in [7, 11) is 1.45. The van der Waals surface area contributed by atoms with Crippen LogP contribution in [0, 0.1) is 0 Å². The van der Waals surface area contributed by atoms with Crippen LogP contribution < -0.4 is 4.74 Å². The van der Waals surface area contributed by atoms with E-state index in [-0.39, 0.29) is 9.92 Å². The molecule has 0 aromatic heterocycles. The second-order valence-corrected chi connectivity index (χ2v) is 7.44. The summed E-state index contributed by atoms with van der Waals surface area (Å²) in [6.45, 7) is 2.60. The molecule has 17 heavy (non-hydrogen) atoms. The van der Waals surface area contributed by atoms with Crippen molar-refractivity contribution in [2.24, 2.45) is 0 Å². The van der Waals surface area contributed by atoms with Gasteiger partial charge in [0.25, 0.3) is 9.05 Å². The molecule has 0 aliphatic rings. The summed E-state index contributed by atoms with van der Waals surface area (Å²) in [5.74, 6) is 2.36. The van der Waals surface area contributed by atoms with Gasteiger partial charge in [-0.2, -0.15) is 11.8 Å². The number of hydrogen-bond acceptors (Lipinski definition) is 4. The molecule has 1 aromatic carbocycles. The highest BCUT2D eigenvalue weighted by Gasteiger charge is 2.12. The first kappa shape index (κ1) is 15.0. The molecule has 0 fully saturated rings. The quantitative estimate of drug-likeness (QED) is 0.596. The summed E-state index contributed by atoms with van der Waals surface area (Å²) in [6, 6.07) is 4.16. The van der Waals surface area contributed by atoms with Gasteiger partial charge in [-0.25, -0.2) is 8.42 Å². The van der Waals surface area contributed by atoms with Crippen LogP contribution in [0.15, 0.2) is 23.1 Å². The molecule has 0 aliphatic heterocycles. The fourth-order valence-corrected chi connectivity index (χ4v) is 2.67. The Kier molecular flexibility index (Phi) is 5.92. The number of ether oxygens (including phenoxy) is 1. The molecule has 96 valence electrons. The summed E-state index contributed by atoms with van der Waals surface area (Å²) in [6.07, 6.45) is 0. The predicted molar refractivity (Wildman–Crippen MR) is 73.0 cm³/mol. The fraction of sp³-hybridized carbons (Fsp3) is 0.400. The van der Waals surface area contributed by atoms with Crippen LogP contribution in [0.3, 0.4) is 0 Å². The van der Waals surface area contributed by atoms with E-state index in [0.717, 1.165) is 11.5 Å². The van der Waals surface area contributed by atoms with Gasteiger partial charge in [0.15, 0.2) is 0 Å². The molecule has 0 atom stereocenters. The van der Waals surface area contributed by atoms with Crippen LogP contribution in [0.1, 0.15) is 6.92 Å². The third-order valence-electron chi connectivity index (χ3n) is 1.87. The van der Waals surface area contributed by atoms with Gasteiger partial charge in [-0.15, -0.1) is 0 Å². The lowest BCUT2D eigenvalue weighted by Gasteiger charge is -2.08. The minimum Gasteiger partial charge on any atom is -0.491 e. The number of halogens is 2. The topological polar surface area (TPSA) is 43.4 Å². The molecule has 3 nitrogen and oxygen atoms in total. The highest BCUT2D eigenvalue weighted by molar-refractivity contribution is 8.13. The van der Waals surface area contributed by atoms with Crippen LogP contribution in [0.2, 0.25) is 5.02 Å². The lowest BCUT2D eigenvalue weighted by atomic mass is 10.3. The van der Waals surface area contributed by atoms with Gasteiger partial charge in [-0.05, 0) is 24.0 Å². The maximum atomic E-state index is 11.1. The smallest absolute Gasteiger partial charge is 0.261 e. The van der Waals surface area contributed by atoms with Gasteiger partial charge in [-0.1, -0.05) is 18.5 Å². The van der Waals surface area contributed by atoms with Crippen molar-refractivity contribution in [3.8, 4) is 5.75 Å². The van der Waals surface area contributed by atoms with E-state index in [2.05, 4.69) is 6.92 Å². The van der Waals surface area contributed by atoms with Crippen LogP contribution in [-0.4, -0.2) is 26.5 Å². The number of thioether (sulfide) groups is 1. The SMILES string of the molecule is CCSCCOc1ccc(S(=O)(=O)Cl)cc1Cl. The Morgan fingerprint density at radius 3 is 2.65 bits per heavy atom. The van der Waals surface area contributed by atoms with Crippen molar-refractivity contribution < 1.29 is 13.2 Å². The van der Waals surface area contributed by atoms with Crippen LogP contribution in [-0.2, 0) is 9.05 Å². The Balaban J connectivity index is 2.70. The van der Waals surface area contributed by atoms with E-state index in [1.54, 1.807) is 11.8 Å². The van der Waals surface area contributed by atoms with Gasteiger partial charge in [-0.3, -0.25) is 0 Å². The third kappa shape index (κ3) is 4.95. The Hall–Kier alpha value is -0.100. The van der Waals surface area contributed by atoms with Crippen LogP contribution in [0.25, 0.3) is 0 Å². The maximum Gasteiger partial charge on any atom is 0.261 e. The van der Waals surface area contributed by atoms with Gasteiger partial charge in [0.1, 0.15) is 5.75 Å². The fourth-order valence-electron chi connectivity index (χ4n) is 1.11. The van der Waals surface area contributed by atoms with Gasteiger partial charge < -0.3 is 4.74 Å². The lowest BCUT2D eigenvalue weighted by Crippen LogP contribution is -2.01. The number of rotatable bonds is 6. The van der Waals surface area contributed by atoms with E-state index in [0.29, 0.717) is 12.4 Å². The molecule has 1 rings (SSSR count). The van der Waals surface area contributed by atoms with E-state index >= 15 is 0 Å². The molecule has 0 bridgehead atoms. The van der Waals surface area contributed by atoms with Crippen molar-refractivity contribution in [1.82, 2.24) is 0 Å². The molecule has 0 aliphatic carbocycles. The van der Waals surface area contributed by atoms with Crippen molar-refractivity contribution in [2.45, 2.75) is 11.8 Å². The van der Waals surface area contributed by atoms with Crippen LogP contribution in [0.5, 0.6) is 5.75 Å². The largest absolute Gasteiger partial charge is 0.491 e. The van der Waals surface area contributed by atoms with Gasteiger partial charge in [0.05, 0.1) is 16.5 Å². The monoisotopic (exact) mass is 314 g/mol. The van der Waals surface area contributed by atoms with Crippen LogP contribution >= 0.6 is 34.0 Å². The first-order chi connectivity index (χ1) is 7.95. The van der Waals surface area contributed by atoms with E-state index in [4.69, 9.17) is 27.0 Å². The Morgan fingerprint density at radius 1 is 1.41 bits per heavy atom. The first-order valence-electron chi connectivity index (χ1n) is 4.90. The standard InChI is InChI=1S/C10H12Cl2O3S2/c1-2-16-6-5-15-10-4-3-8(7-9(10)11)17(12,13)14/h3-4,7H,2,5-6H2,1H3. The van der Waals surface area contributed by atoms with Gasteiger partial charge >= 0.3 is 0 Å². The molecule has 7 heteroatoms. The van der Waals surface area contributed by atoms with E-state index in [1.165, 1.54) is 18.2 Å². The molecule has 0 radical (unpaired) electrons. The van der Waals surface area contributed by atoms with E-state index in [9.17, 15) is 8.42 Å². The van der Waals surface area contributed by atoms with E-state index < -0.39 is 9.05 Å². The number of benzene rings is 1. The lowest BCUT2D eigenvalue weighted by molar-refractivity contribution is 0.344. The molecular weight excluding hydrogens is 303 g/mol. The summed E-state index contributed by atoms with van der Waals surface area (Å²) in [4.78, 5) is -0.0283. The maximum absolute atomic E-state index is 11.1.